The van der Waals surface area contributed by atoms with E-state index in [2.05, 4.69) is 5.32 Å². The van der Waals surface area contributed by atoms with Gasteiger partial charge in [-0.3, -0.25) is 9.10 Å². The summed E-state index contributed by atoms with van der Waals surface area (Å²) in [4.78, 5) is 12.1. The molecule has 0 bridgehead atoms. The van der Waals surface area contributed by atoms with E-state index in [1.807, 2.05) is 63.2 Å². The smallest absolute Gasteiger partial charge is 0.232 e. The van der Waals surface area contributed by atoms with Crippen LogP contribution in [0, 0.1) is 20.8 Å². The van der Waals surface area contributed by atoms with Crippen LogP contribution in [0.5, 0.6) is 0 Å². The molecular formula is C20H26N2O3S. The van der Waals surface area contributed by atoms with Crippen molar-refractivity contribution >= 4 is 27.3 Å². The summed E-state index contributed by atoms with van der Waals surface area (Å²) in [6, 6.07) is 13.3. The van der Waals surface area contributed by atoms with Crippen LogP contribution < -0.4 is 9.62 Å². The first-order valence-corrected chi connectivity index (χ1v) is 10.4. The molecule has 1 N–H and O–H groups in total. The van der Waals surface area contributed by atoms with Gasteiger partial charge < -0.3 is 5.32 Å². The zero-order valence-electron chi connectivity index (χ0n) is 15.7. The second-order valence-corrected chi connectivity index (χ2v) is 8.61. The van der Waals surface area contributed by atoms with Gasteiger partial charge >= 0.3 is 0 Å². The highest BCUT2D eigenvalue weighted by molar-refractivity contribution is 7.92. The molecule has 0 saturated carbocycles. The molecule has 0 radical (unpaired) electrons. The molecule has 5 nitrogen and oxygen atoms in total. The Morgan fingerprint density at radius 1 is 0.962 bits per heavy atom. The number of rotatable bonds is 7. The van der Waals surface area contributed by atoms with Gasteiger partial charge in [0.05, 0.1) is 11.9 Å². The summed E-state index contributed by atoms with van der Waals surface area (Å²) < 4.78 is 25.7. The van der Waals surface area contributed by atoms with Crippen molar-refractivity contribution in [2.24, 2.45) is 0 Å². The van der Waals surface area contributed by atoms with Crippen molar-refractivity contribution < 1.29 is 13.2 Å². The van der Waals surface area contributed by atoms with Gasteiger partial charge in [0, 0.05) is 18.7 Å². The quantitative estimate of drug-likeness (QED) is 0.802. The van der Waals surface area contributed by atoms with Crippen LogP contribution in [-0.4, -0.2) is 27.1 Å². The number of hydrogen-bond acceptors (Lipinski definition) is 3. The zero-order valence-corrected chi connectivity index (χ0v) is 16.6. The molecule has 140 valence electrons. The first-order chi connectivity index (χ1) is 12.1. The fourth-order valence-corrected chi connectivity index (χ4v) is 3.77. The molecule has 2 rings (SSSR count). The molecule has 0 fully saturated rings. The molecule has 0 saturated heterocycles. The van der Waals surface area contributed by atoms with Crippen LogP contribution in [0.4, 0.5) is 11.4 Å². The predicted molar refractivity (Wildman–Crippen MR) is 107 cm³/mol. The van der Waals surface area contributed by atoms with E-state index in [-0.39, 0.29) is 18.9 Å². The van der Waals surface area contributed by atoms with E-state index in [1.165, 1.54) is 10.6 Å². The summed E-state index contributed by atoms with van der Waals surface area (Å²) in [6.45, 7) is 6.12. The molecule has 0 heterocycles. The van der Waals surface area contributed by atoms with Crippen molar-refractivity contribution in [1.82, 2.24) is 0 Å². The minimum Gasteiger partial charge on any atom is -0.326 e. The lowest BCUT2D eigenvalue weighted by Crippen LogP contribution is -2.31. The Labute approximate surface area is 156 Å². The molecule has 2 aromatic carbocycles. The molecule has 0 aliphatic heterocycles. The Kier molecular flexibility index (Phi) is 6.42. The Bertz CT molecular complexity index is 854. The zero-order chi connectivity index (χ0) is 19.3. The van der Waals surface area contributed by atoms with E-state index < -0.39 is 10.0 Å². The van der Waals surface area contributed by atoms with Gasteiger partial charge in [0.1, 0.15) is 0 Å². The number of amides is 1. The summed E-state index contributed by atoms with van der Waals surface area (Å²) in [6.07, 6.45) is 1.89. The molecule has 0 aromatic heterocycles. The van der Waals surface area contributed by atoms with Crippen LogP contribution in [0.1, 0.15) is 29.5 Å². The maximum absolute atomic E-state index is 12.2. The monoisotopic (exact) mass is 374 g/mol. The van der Waals surface area contributed by atoms with Gasteiger partial charge in [-0.05, 0) is 62.6 Å². The van der Waals surface area contributed by atoms with Crippen LogP contribution in [0.2, 0.25) is 0 Å². The van der Waals surface area contributed by atoms with E-state index >= 15 is 0 Å². The maximum atomic E-state index is 12.2. The van der Waals surface area contributed by atoms with Gasteiger partial charge in [-0.1, -0.05) is 23.8 Å². The van der Waals surface area contributed by atoms with Gasteiger partial charge in [-0.15, -0.1) is 0 Å². The number of anilines is 2. The average Bonchev–Trinajstić information content (AvgIpc) is 2.51. The van der Waals surface area contributed by atoms with Crippen molar-refractivity contribution in [3.05, 3.63) is 59.2 Å². The SMILES string of the molecule is Cc1ccc(NC(=O)CCCN(c2cc(C)cc(C)c2)S(C)(=O)=O)cc1. The molecule has 6 heteroatoms. The molecule has 2 aromatic rings. The third-order valence-corrected chi connectivity index (χ3v) is 5.19. The Morgan fingerprint density at radius 2 is 1.54 bits per heavy atom. The number of sulfonamides is 1. The third-order valence-electron chi connectivity index (χ3n) is 4.00. The highest BCUT2D eigenvalue weighted by Crippen LogP contribution is 2.22. The summed E-state index contributed by atoms with van der Waals surface area (Å²) in [5.41, 5.74) is 4.52. The minimum absolute atomic E-state index is 0.122. The van der Waals surface area contributed by atoms with Crippen molar-refractivity contribution in [3.63, 3.8) is 0 Å². The number of hydrogen-bond donors (Lipinski definition) is 1. The summed E-state index contributed by atoms with van der Waals surface area (Å²) in [5, 5.41) is 2.83. The minimum atomic E-state index is -3.41. The summed E-state index contributed by atoms with van der Waals surface area (Å²) in [5.74, 6) is -0.122. The highest BCUT2D eigenvalue weighted by atomic mass is 32.2. The average molecular weight is 375 g/mol. The number of benzene rings is 2. The molecule has 1 amide bonds. The molecule has 0 aliphatic rings. The van der Waals surface area contributed by atoms with Crippen LogP contribution in [-0.2, 0) is 14.8 Å². The second kappa shape index (κ2) is 8.36. The van der Waals surface area contributed by atoms with E-state index in [0.29, 0.717) is 12.1 Å². The third kappa shape index (κ3) is 5.88. The second-order valence-electron chi connectivity index (χ2n) is 6.70. The molecule has 0 aliphatic carbocycles. The standard InChI is InChI=1S/C20H26N2O3S/c1-15-7-9-18(10-8-15)21-20(23)6-5-11-22(26(4,24)25)19-13-16(2)12-17(3)14-19/h7-10,12-14H,5-6,11H2,1-4H3,(H,21,23). The Morgan fingerprint density at radius 3 is 2.08 bits per heavy atom. The largest absolute Gasteiger partial charge is 0.326 e. The van der Waals surface area contributed by atoms with Gasteiger partial charge in [-0.2, -0.15) is 0 Å². The van der Waals surface area contributed by atoms with Crippen molar-refractivity contribution in [2.45, 2.75) is 33.6 Å². The van der Waals surface area contributed by atoms with E-state index in [9.17, 15) is 13.2 Å². The van der Waals surface area contributed by atoms with Crippen LogP contribution >= 0.6 is 0 Å². The number of carbonyl (C=O) groups is 1. The maximum Gasteiger partial charge on any atom is 0.232 e. The lowest BCUT2D eigenvalue weighted by atomic mass is 10.1. The number of nitrogens with zero attached hydrogens (tertiary/aromatic N) is 1. The lowest BCUT2D eigenvalue weighted by molar-refractivity contribution is -0.116. The first-order valence-electron chi connectivity index (χ1n) is 8.58. The fraction of sp³-hybridized carbons (Fsp3) is 0.350. The fourth-order valence-electron chi connectivity index (χ4n) is 2.82. The van der Waals surface area contributed by atoms with E-state index in [1.54, 1.807) is 0 Å². The predicted octanol–water partition coefficient (Wildman–Crippen LogP) is 3.80. The molecule has 0 unspecified atom stereocenters. The van der Waals surface area contributed by atoms with Crippen molar-refractivity contribution in [3.8, 4) is 0 Å². The number of aryl methyl sites for hydroxylation is 3. The topological polar surface area (TPSA) is 66.5 Å². The van der Waals surface area contributed by atoms with Crippen molar-refractivity contribution in [2.75, 3.05) is 22.4 Å². The van der Waals surface area contributed by atoms with Gasteiger partial charge in [-0.25, -0.2) is 8.42 Å². The van der Waals surface area contributed by atoms with E-state index in [0.717, 1.165) is 22.4 Å². The molecule has 0 atom stereocenters. The summed E-state index contributed by atoms with van der Waals surface area (Å²) >= 11 is 0. The summed E-state index contributed by atoms with van der Waals surface area (Å²) in [7, 11) is -3.41. The first kappa shape index (κ1) is 20.0. The molecule has 26 heavy (non-hydrogen) atoms. The van der Waals surface area contributed by atoms with Crippen LogP contribution in [0.3, 0.4) is 0 Å². The van der Waals surface area contributed by atoms with E-state index in [4.69, 9.17) is 0 Å². The van der Waals surface area contributed by atoms with Gasteiger partial charge in [0.15, 0.2) is 0 Å². The number of nitrogens with one attached hydrogen (secondary N) is 1. The Balaban J connectivity index is 1.99. The van der Waals surface area contributed by atoms with Crippen LogP contribution in [0.25, 0.3) is 0 Å². The molecular weight excluding hydrogens is 348 g/mol. The normalized spacial score (nSPS) is 11.2. The molecule has 0 spiro atoms. The van der Waals surface area contributed by atoms with Gasteiger partial charge in [0.25, 0.3) is 0 Å². The highest BCUT2D eigenvalue weighted by Gasteiger charge is 2.18. The lowest BCUT2D eigenvalue weighted by Gasteiger charge is -2.23. The Hall–Kier alpha value is -2.34. The van der Waals surface area contributed by atoms with Crippen molar-refractivity contribution in [1.29, 1.82) is 0 Å². The van der Waals surface area contributed by atoms with Crippen LogP contribution in [0.15, 0.2) is 42.5 Å². The number of carbonyl (C=O) groups excluding carboxylic acids is 1. The van der Waals surface area contributed by atoms with Gasteiger partial charge in [0.2, 0.25) is 15.9 Å².